The number of rotatable bonds is 2. The van der Waals surface area contributed by atoms with E-state index in [-0.39, 0.29) is 12.5 Å². The van der Waals surface area contributed by atoms with Crippen LogP contribution >= 0.6 is 11.6 Å². The summed E-state index contributed by atoms with van der Waals surface area (Å²) in [5.41, 5.74) is 0.977. The molecule has 0 atom stereocenters. The lowest BCUT2D eigenvalue weighted by atomic mass is 10.2. The van der Waals surface area contributed by atoms with Crippen LogP contribution in [0, 0.1) is 0 Å². The van der Waals surface area contributed by atoms with Gasteiger partial charge >= 0.3 is 5.97 Å². The maximum Gasteiger partial charge on any atom is 0.325 e. The molecule has 1 aromatic carbocycles. The van der Waals surface area contributed by atoms with Crippen molar-refractivity contribution in [2.45, 2.75) is 6.54 Å². The van der Waals surface area contributed by atoms with E-state index in [1.54, 1.807) is 6.07 Å². The first-order valence-electron chi connectivity index (χ1n) is 4.52. The maximum absolute atomic E-state index is 11.1. The average Bonchev–Trinajstić information content (AvgIpc) is 2.60. The third kappa shape index (κ3) is 1.97. The number of nitrogens with zero attached hydrogens (tertiary/aromatic N) is 1. The number of hydrogen-bond donors (Lipinski definition) is 0. The second-order valence-electron chi connectivity index (χ2n) is 3.22. The minimum Gasteiger partial charge on any atom is -0.468 e. The van der Waals surface area contributed by atoms with Crippen molar-refractivity contribution in [1.82, 2.24) is 4.57 Å². The fraction of sp³-hybridized carbons (Fsp3) is 0.182. The van der Waals surface area contributed by atoms with Gasteiger partial charge in [0.05, 0.1) is 7.11 Å². The van der Waals surface area contributed by atoms with Crippen molar-refractivity contribution in [3.05, 3.63) is 35.5 Å². The Hall–Kier alpha value is -1.48. The lowest BCUT2D eigenvalue weighted by Gasteiger charge is -2.03. The highest BCUT2D eigenvalue weighted by molar-refractivity contribution is 6.31. The molecule has 0 amide bonds. The smallest absolute Gasteiger partial charge is 0.325 e. The Kier molecular flexibility index (Phi) is 2.64. The van der Waals surface area contributed by atoms with Gasteiger partial charge in [0.1, 0.15) is 6.54 Å². The van der Waals surface area contributed by atoms with Crippen LogP contribution in [0.4, 0.5) is 0 Å². The first-order chi connectivity index (χ1) is 7.20. The summed E-state index contributed by atoms with van der Waals surface area (Å²) in [5.74, 6) is -0.262. The van der Waals surface area contributed by atoms with Gasteiger partial charge in [0, 0.05) is 22.1 Å². The number of hydrogen-bond acceptors (Lipinski definition) is 2. The Morgan fingerprint density at radius 3 is 3.00 bits per heavy atom. The number of esters is 1. The molecule has 0 aliphatic heterocycles. The predicted octanol–water partition coefficient (Wildman–Crippen LogP) is 2.47. The molecule has 0 radical (unpaired) electrons. The number of aromatic nitrogens is 1. The predicted molar refractivity (Wildman–Crippen MR) is 59.0 cm³/mol. The van der Waals surface area contributed by atoms with Gasteiger partial charge in [0.25, 0.3) is 0 Å². The number of benzene rings is 1. The molecule has 0 bridgehead atoms. The summed E-state index contributed by atoms with van der Waals surface area (Å²) in [4.78, 5) is 11.1. The summed E-state index contributed by atoms with van der Waals surface area (Å²) in [6, 6.07) is 7.48. The molecular formula is C11H10ClNO2. The quantitative estimate of drug-likeness (QED) is 0.733. The van der Waals surface area contributed by atoms with Crippen molar-refractivity contribution in [2.24, 2.45) is 0 Å². The molecule has 15 heavy (non-hydrogen) atoms. The molecule has 1 aromatic heterocycles. The molecule has 0 saturated carbocycles. The zero-order valence-corrected chi connectivity index (χ0v) is 8.99. The SMILES string of the molecule is COC(=O)Cn1ccc2cc(Cl)ccc21. The summed E-state index contributed by atoms with van der Waals surface area (Å²) >= 11 is 5.86. The first-order valence-corrected chi connectivity index (χ1v) is 4.90. The molecule has 0 aliphatic rings. The fourth-order valence-electron chi connectivity index (χ4n) is 1.51. The molecule has 78 valence electrons. The molecule has 0 aliphatic carbocycles. The van der Waals surface area contributed by atoms with Crippen LogP contribution in [0.1, 0.15) is 0 Å². The van der Waals surface area contributed by atoms with Crippen LogP contribution in [-0.2, 0) is 16.1 Å². The van der Waals surface area contributed by atoms with Crippen LogP contribution in [0.5, 0.6) is 0 Å². The van der Waals surface area contributed by atoms with E-state index in [9.17, 15) is 4.79 Å². The minimum atomic E-state index is -0.262. The van der Waals surface area contributed by atoms with Crippen LogP contribution in [-0.4, -0.2) is 17.6 Å². The van der Waals surface area contributed by atoms with Gasteiger partial charge < -0.3 is 9.30 Å². The third-order valence-corrected chi connectivity index (χ3v) is 2.50. The van der Waals surface area contributed by atoms with E-state index >= 15 is 0 Å². The van der Waals surface area contributed by atoms with Gasteiger partial charge in [0.2, 0.25) is 0 Å². The van der Waals surface area contributed by atoms with Crippen molar-refractivity contribution in [2.75, 3.05) is 7.11 Å². The van der Waals surface area contributed by atoms with E-state index in [0.29, 0.717) is 5.02 Å². The zero-order valence-electron chi connectivity index (χ0n) is 8.24. The Morgan fingerprint density at radius 2 is 2.27 bits per heavy atom. The molecule has 2 aromatic rings. The van der Waals surface area contributed by atoms with Gasteiger partial charge in [-0.1, -0.05) is 11.6 Å². The highest BCUT2D eigenvalue weighted by Gasteiger charge is 2.05. The Balaban J connectivity index is 2.41. The van der Waals surface area contributed by atoms with E-state index in [4.69, 9.17) is 11.6 Å². The van der Waals surface area contributed by atoms with Gasteiger partial charge in [-0.05, 0) is 24.3 Å². The van der Waals surface area contributed by atoms with Crippen molar-refractivity contribution in [3.8, 4) is 0 Å². The standard InChI is InChI=1S/C11H10ClNO2/c1-15-11(14)7-13-5-4-8-6-9(12)2-3-10(8)13/h2-6H,7H2,1H3. The summed E-state index contributed by atoms with van der Waals surface area (Å²) in [6.07, 6.45) is 1.85. The summed E-state index contributed by atoms with van der Waals surface area (Å²) in [5, 5.41) is 1.71. The highest BCUT2D eigenvalue weighted by atomic mass is 35.5. The monoisotopic (exact) mass is 223 g/mol. The second-order valence-corrected chi connectivity index (χ2v) is 3.66. The molecule has 3 nitrogen and oxygen atoms in total. The minimum absolute atomic E-state index is 0.224. The second kappa shape index (κ2) is 3.95. The topological polar surface area (TPSA) is 31.2 Å². The number of methoxy groups -OCH3 is 1. The molecular weight excluding hydrogens is 214 g/mol. The molecule has 0 unspecified atom stereocenters. The Labute approximate surface area is 92.2 Å². The van der Waals surface area contributed by atoms with Crippen molar-refractivity contribution >= 4 is 28.5 Å². The third-order valence-electron chi connectivity index (χ3n) is 2.26. The largest absolute Gasteiger partial charge is 0.468 e. The van der Waals surface area contributed by atoms with Gasteiger partial charge in [-0.3, -0.25) is 4.79 Å². The first kappa shape index (κ1) is 10.1. The fourth-order valence-corrected chi connectivity index (χ4v) is 1.69. The average molecular weight is 224 g/mol. The summed E-state index contributed by atoms with van der Waals surface area (Å²) in [7, 11) is 1.38. The van der Waals surface area contributed by atoms with Crippen LogP contribution in [0.3, 0.4) is 0 Å². The molecule has 0 N–H and O–H groups in total. The maximum atomic E-state index is 11.1. The molecule has 2 rings (SSSR count). The van der Waals surface area contributed by atoms with E-state index in [1.807, 2.05) is 29.0 Å². The Morgan fingerprint density at radius 1 is 1.47 bits per heavy atom. The molecule has 4 heteroatoms. The van der Waals surface area contributed by atoms with Gasteiger partial charge in [-0.2, -0.15) is 0 Å². The number of fused-ring (bicyclic) bond motifs is 1. The van der Waals surface area contributed by atoms with Gasteiger partial charge in [-0.25, -0.2) is 0 Å². The van der Waals surface area contributed by atoms with Crippen molar-refractivity contribution < 1.29 is 9.53 Å². The Bertz CT molecular complexity index is 504. The van der Waals surface area contributed by atoms with Crippen LogP contribution in [0.25, 0.3) is 10.9 Å². The van der Waals surface area contributed by atoms with Crippen LogP contribution in [0.2, 0.25) is 5.02 Å². The number of halogens is 1. The van der Waals surface area contributed by atoms with E-state index < -0.39 is 0 Å². The molecule has 0 spiro atoms. The molecule has 0 saturated heterocycles. The van der Waals surface area contributed by atoms with Gasteiger partial charge in [-0.15, -0.1) is 0 Å². The van der Waals surface area contributed by atoms with Crippen LogP contribution < -0.4 is 0 Å². The van der Waals surface area contributed by atoms with Gasteiger partial charge in [0.15, 0.2) is 0 Å². The number of carbonyl (C=O) groups is 1. The summed E-state index contributed by atoms with van der Waals surface area (Å²) < 4.78 is 6.44. The molecule has 0 fully saturated rings. The zero-order chi connectivity index (χ0) is 10.8. The normalized spacial score (nSPS) is 10.5. The van der Waals surface area contributed by atoms with E-state index in [0.717, 1.165) is 10.9 Å². The highest BCUT2D eigenvalue weighted by Crippen LogP contribution is 2.20. The van der Waals surface area contributed by atoms with Crippen molar-refractivity contribution in [3.63, 3.8) is 0 Å². The number of ether oxygens (including phenoxy) is 1. The lowest BCUT2D eigenvalue weighted by molar-refractivity contribution is -0.141. The molecule has 1 heterocycles. The van der Waals surface area contributed by atoms with Crippen LogP contribution in [0.15, 0.2) is 30.5 Å². The van der Waals surface area contributed by atoms with E-state index in [1.165, 1.54) is 7.11 Å². The summed E-state index contributed by atoms with van der Waals surface area (Å²) in [6.45, 7) is 0.224. The van der Waals surface area contributed by atoms with E-state index in [2.05, 4.69) is 4.74 Å². The van der Waals surface area contributed by atoms with Crippen molar-refractivity contribution in [1.29, 1.82) is 0 Å². The number of carbonyl (C=O) groups excluding carboxylic acids is 1. The lowest BCUT2D eigenvalue weighted by Crippen LogP contribution is -2.10.